The van der Waals surface area contributed by atoms with Crippen LogP contribution in [0.15, 0.2) is 34.3 Å². The van der Waals surface area contributed by atoms with E-state index in [1.54, 1.807) is 11.8 Å². The van der Waals surface area contributed by atoms with Gasteiger partial charge in [0.25, 0.3) is 0 Å². The normalized spacial score (nSPS) is 17.2. The average molecular weight is 304 g/mol. The van der Waals surface area contributed by atoms with Gasteiger partial charge in [0.05, 0.1) is 12.1 Å². The minimum absolute atomic E-state index is 0.382. The molecule has 21 heavy (non-hydrogen) atoms. The number of tetrazole rings is 1. The van der Waals surface area contributed by atoms with Crippen LogP contribution in [0.5, 0.6) is 0 Å². The Kier molecular flexibility index (Phi) is 4.55. The molecular formula is C15H20N4OS. The fraction of sp³-hybridized carbons (Fsp3) is 0.533. The number of benzene rings is 1. The predicted molar refractivity (Wildman–Crippen MR) is 81.1 cm³/mol. The highest BCUT2D eigenvalue weighted by Crippen LogP contribution is 2.34. The summed E-state index contributed by atoms with van der Waals surface area (Å²) < 4.78 is 1.96. The molecule has 0 saturated heterocycles. The number of aliphatic hydroxyl groups excluding tert-OH is 1. The Labute approximate surface area is 128 Å². The molecule has 1 aromatic carbocycles. The predicted octanol–water partition coefficient (Wildman–Crippen LogP) is 3.38. The van der Waals surface area contributed by atoms with Gasteiger partial charge in [-0.2, -0.15) is 0 Å². The Bertz CT molecular complexity index is 578. The molecule has 0 amide bonds. The van der Waals surface area contributed by atoms with Crippen LogP contribution in [-0.4, -0.2) is 25.3 Å². The molecule has 1 heterocycles. The van der Waals surface area contributed by atoms with E-state index in [1.165, 1.54) is 25.7 Å². The first-order valence-electron chi connectivity index (χ1n) is 7.51. The van der Waals surface area contributed by atoms with Crippen molar-refractivity contribution in [2.75, 3.05) is 0 Å². The second-order valence-electron chi connectivity index (χ2n) is 5.44. The number of rotatable bonds is 5. The molecule has 0 spiro atoms. The second kappa shape index (κ2) is 6.58. The van der Waals surface area contributed by atoms with E-state index < -0.39 is 0 Å². The van der Waals surface area contributed by atoms with Gasteiger partial charge in [0.2, 0.25) is 5.16 Å². The van der Waals surface area contributed by atoms with Gasteiger partial charge in [-0.3, -0.25) is 0 Å². The van der Waals surface area contributed by atoms with Gasteiger partial charge in [-0.1, -0.05) is 31.9 Å². The van der Waals surface area contributed by atoms with E-state index in [9.17, 15) is 5.11 Å². The third-order valence-electron chi connectivity index (χ3n) is 3.99. The van der Waals surface area contributed by atoms with Crippen LogP contribution in [0.1, 0.15) is 56.7 Å². The maximum Gasteiger partial charge on any atom is 0.214 e. The van der Waals surface area contributed by atoms with Gasteiger partial charge < -0.3 is 5.11 Å². The second-order valence-corrected chi connectivity index (χ2v) is 6.48. The van der Waals surface area contributed by atoms with Gasteiger partial charge in [0.15, 0.2) is 0 Å². The van der Waals surface area contributed by atoms with Crippen molar-refractivity contribution < 1.29 is 5.11 Å². The topological polar surface area (TPSA) is 63.8 Å². The summed E-state index contributed by atoms with van der Waals surface area (Å²) in [5.74, 6) is 0. The van der Waals surface area contributed by atoms with Crippen LogP contribution < -0.4 is 0 Å². The van der Waals surface area contributed by atoms with Gasteiger partial charge in [0, 0.05) is 4.90 Å². The molecule has 0 unspecified atom stereocenters. The van der Waals surface area contributed by atoms with Gasteiger partial charge in [-0.05, 0) is 59.1 Å². The molecular weight excluding hydrogens is 284 g/mol. The molecule has 1 atom stereocenters. The van der Waals surface area contributed by atoms with Crippen LogP contribution in [0.3, 0.4) is 0 Å². The van der Waals surface area contributed by atoms with Gasteiger partial charge in [-0.15, -0.1) is 5.10 Å². The minimum atomic E-state index is -0.382. The highest BCUT2D eigenvalue weighted by atomic mass is 32.2. The van der Waals surface area contributed by atoms with Gasteiger partial charge in [0.1, 0.15) is 0 Å². The molecule has 1 aliphatic rings. The van der Waals surface area contributed by atoms with Crippen molar-refractivity contribution >= 4 is 11.8 Å². The summed E-state index contributed by atoms with van der Waals surface area (Å²) in [4.78, 5) is 1.09. The monoisotopic (exact) mass is 304 g/mol. The Balaban J connectivity index is 1.73. The molecule has 1 aliphatic carbocycles. The van der Waals surface area contributed by atoms with E-state index in [1.807, 2.05) is 35.9 Å². The first-order chi connectivity index (χ1) is 10.3. The number of nitrogens with zero attached hydrogens (tertiary/aromatic N) is 4. The molecule has 3 rings (SSSR count). The van der Waals surface area contributed by atoms with E-state index >= 15 is 0 Å². The summed E-state index contributed by atoms with van der Waals surface area (Å²) in [7, 11) is 0. The highest BCUT2D eigenvalue weighted by molar-refractivity contribution is 7.99. The summed E-state index contributed by atoms with van der Waals surface area (Å²) >= 11 is 1.58. The highest BCUT2D eigenvalue weighted by Gasteiger charge is 2.21. The van der Waals surface area contributed by atoms with Gasteiger partial charge in [-0.25, -0.2) is 4.68 Å². The molecule has 1 aromatic heterocycles. The molecule has 0 bridgehead atoms. The van der Waals surface area contributed by atoms with Crippen LogP contribution >= 0.6 is 11.8 Å². The van der Waals surface area contributed by atoms with E-state index in [0.29, 0.717) is 6.04 Å². The SMILES string of the molecule is CC[C@H](O)c1ccc(Sc2nnnn2C2CCCC2)cc1. The zero-order chi connectivity index (χ0) is 14.7. The van der Waals surface area contributed by atoms with Crippen LogP contribution in [0.4, 0.5) is 0 Å². The molecule has 112 valence electrons. The Morgan fingerprint density at radius 1 is 1.29 bits per heavy atom. The van der Waals surface area contributed by atoms with Crippen molar-refractivity contribution in [3.63, 3.8) is 0 Å². The van der Waals surface area contributed by atoms with Crippen molar-refractivity contribution in [1.82, 2.24) is 20.2 Å². The number of aromatic nitrogens is 4. The number of hydrogen-bond acceptors (Lipinski definition) is 5. The van der Waals surface area contributed by atoms with Crippen molar-refractivity contribution in [3.8, 4) is 0 Å². The third kappa shape index (κ3) is 3.27. The summed E-state index contributed by atoms with van der Waals surface area (Å²) in [5, 5.41) is 22.8. The fourth-order valence-electron chi connectivity index (χ4n) is 2.73. The molecule has 5 nitrogen and oxygen atoms in total. The van der Waals surface area contributed by atoms with Crippen molar-refractivity contribution in [1.29, 1.82) is 0 Å². The Morgan fingerprint density at radius 2 is 2.00 bits per heavy atom. The fourth-order valence-corrected chi connectivity index (χ4v) is 3.57. The van der Waals surface area contributed by atoms with Crippen molar-refractivity contribution in [2.24, 2.45) is 0 Å². The number of hydrogen-bond donors (Lipinski definition) is 1. The van der Waals surface area contributed by atoms with Crippen molar-refractivity contribution in [3.05, 3.63) is 29.8 Å². The zero-order valence-corrected chi connectivity index (χ0v) is 13.0. The Morgan fingerprint density at radius 3 is 2.67 bits per heavy atom. The van der Waals surface area contributed by atoms with Crippen molar-refractivity contribution in [2.45, 2.75) is 61.2 Å². The van der Waals surface area contributed by atoms with Crippen LogP contribution in [0.2, 0.25) is 0 Å². The van der Waals surface area contributed by atoms with Crippen LogP contribution in [-0.2, 0) is 0 Å². The van der Waals surface area contributed by atoms with E-state index in [2.05, 4.69) is 15.5 Å². The summed E-state index contributed by atoms with van der Waals surface area (Å²) in [5.41, 5.74) is 0.956. The Hall–Kier alpha value is -1.40. The summed E-state index contributed by atoms with van der Waals surface area (Å²) in [6.45, 7) is 1.98. The third-order valence-corrected chi connectivity index (χ3v) is 4.95. The number of aliphatic hydroxyl groups is 1. The van der Waals surface area contributed by atoms with Crippen LogP contribution in [0.25, 0.3) is 0 Å². The molecule has 1 saturated carbocycles. The summed E-state index contributed by atoms with van der Waals surface area (Å²) in [6, 6.07) is 8.43. The standard InChI is InChI=1S/C15H20N4OS/c1-2-14(20)11-7-9-13(10-8-11)21-15-16-17-18-19(15)12-5-3-4-6-12/h7-10,12,14,20H,2-6H2,1H3/t14-/m0/s1. The minimum Gasteiger partial charge on any atom is -0.388 e. The lowest BCUT2D eigenvalue weighted by molar-refractivity contribution is 0.173. The summed E-state index contributed by atoms with van der Waals surface area (Å²) in [6.07, 6.45) is 5.21. The molecule has 0 radical (unpaired) electrons. The lowest BCUT2D eigenvalue weighted by atomic mass is 10.1. The first kappa shape index (κ1) is 14.5. The quantitative estimate of drug-likeness (QED) is 0.917. The lowest BCUT2D eigenvalue weighted by Crippen LogP contribution is -2.08. The molecule has 1 N–H and O–H groups in total. The van der Waals surface area contributed by atoms with E-state index in [0.717, 1.165) is 22.0 Å². The molecule has 1 fully saturated rings. The van der Waals surface area contributed by atoms with Gasteiger partial charge >= 0.3 is 0 Å². The molecule has 2 aromatic rings. The van der Waals surface area contributed by atoms with E-state index in [4.69, 9.17) is 0 Å². The van der Waals surface area contributed by atoms with E-state index in [-0.39, 0.29) is 6.10 Å². The lowest BCUT2D eigenvalue weighted by Gasteiger charge is -2.11. The largest absolute Gasteiger partial charge is 0.388 e. The smallest absolute Gasteiger partial charge is 0.214 e. The first-order valence-corrected chi connectivity index (χ1v) is 8.33. The molecule has 0 aliphatic heterocycles. The maximum absolute atomic E-state index is 9.82. The zero-order valence-electron chi connectivity index (χ0n) is 12.1. The maximum atomic E-state index is 9.82. The molecule has 6 heteroatoms. The van der Waals surface area contributed by atoms with Crippen LogP contribution in [0, 0.1) is 0 Å². The average Bonchev–Trinajstić information content (AvgIpc) is 3.18.